The summed E-state index contributed by atoms with van der Waals surface area (Å²) in [5, 5.41) is 0. The fraction of sp³-hybridized carbons (Fsp3) is 0.909. The van der Waals surface area contributed by atoms with Gasteiger partial charge in [0.15, 0.2) is 0 Å². The average molecular weight is 249 g/mol. The number of ether oxygens (including phenoxy) is 2. The highest BCUT2D eigenvalue weighted by Crippen LogP contribution is 2.14. The minimum atomic E-state index is -0.841. The van der Waals surface area contributed by atoms with E-state index >= 15 is 0 Å². The van der Waals surface area contributed by atoms with Crippen LogP contribution in [0, 0.1) is 0 Å². The van der Waals surface area contributed by atoms with Crippen molar-refractivity contribution in [3.63, 3.8) is 0 Å². The second-order valence-electron chi connectivity index (χ2n) is 3.97. The van der Waals surface area contributed by atoms with Crippen LogP contribution in [0.3, 0.4) is 0 Å². The number of hydrogen-bond acceptors (Lipinski definition) is 5. The van der Waals surface area contributed by atoms with Crippen molar-refractivity contribution in [1.82, 2.24) is 0 Å². The van der Waals surface area contributed by atoms with Gasteiger partial charge >= 0.3 is 5.97 Å². The third kappa shape index (κ3) is 7.09. The van der Waals surface area contributed by atoms with Crippen molar-refractivity contribution in [2.75, 3.05) is 32.3 Å². The monoisotopic (exact) mass is 249 g/mol. The van der Waals surface area contributed by atoms with Crippen LogP contribution < -0.4 is 5.73 Å². The van der Waals surface area contributed by atoms with Crippen LogP contribution >= 0.6 is 11.8 Å². The Hall–Kier alpha value is -0.260. The van der Waals surface area contributed by atoms with E-state index in [-0.39, 0.29) is 5.97 Å². The number of carbonyl (C=O) groups excluding carboxylic acids is 1. The zero-order chi connectivity index (χ0) is 12.4. The first-order valence-electron chi connectivity index (χ1n) is 5.48. The Balaban J connectivity index is 3.47. The number of rotatable bonds is 9. The predicted molar refractivity (Wildman–Crippen MR) is 67.7 cm³/mol. The molecule has 0 aromatic carbocycles. The van der Waals surface area contributed by atoms with E-state index < -0.39 is 5.54 Å². The molecule has 0 aliphatic carbocycles. The van der Waals surface area contributed by atoms with Crippen LogP contribution in [-0.2, 0) is 14.3 Å². The molecule has 0 aromatic heterocycles. The Labute approximate surface area is 102 Å². The van der Waals surface area contributed by atoms with Crippen LogP contribution in [0.1, 0.15) is 26.2 Å². The molecule has 2 N–H and O–H groups in total. The summed E-state index contributed by atoms with van der Waals surface area (Å²) in [4.78, 5) is 11.3. The first-order valence-corrected chi connectivity index (χ1v) is 6.64. The number of carbonyl (C=O) groups is 1. The summed E-state index contributed by atoms with van der Waals surface area (Å²) in [5.41, 5.74) is 4.99. The number of thioether (sulfide) groups is 1. The van der Waals surface area contributed by atoms with Gasteiger partial charge in [0, 0.05) is 12.9 Å². The maximum atomic E-state index is 11.3. The molecule has 0 saturated heterocycles. The highest BCUT2D eigenvalue weighted by atomic mass is 32.2. The largest absolute Gasteiger partial charge is 0.468 e. The van der Waals surface area contributed by atoms with Crippen molar-refractivity contribution >= 4 is 17.7 Å². The van der Waals surface area contributed by atoms with Crippen molar-refractivity contribution in [1.29, 1.82) is 0 Å². The Morgan fingerprint density at radius 1 is 1.31 bits per heavy atom. The van der Waals surface area contributed by atoms with Crippen molar-refractivity contribution < 1.29 is 14.3 Å². The fourth-order valence-electron chi connectivity index (χ4n) is 1.28. The van der Waals surface area contributed by atoms with Gasteiger partial charge in [0.25, 0.3) is 0 Å². The molecule has 0 bridgehead atoms. The quantitative estimate of drug-likeness (QED) is 0.495. The molecule has 0 spiro atoms. The summed E-state index contributed by atoms with van der Waals surface area (Å²) >= 11 is 1.86. The molecule has 1 atom stereocenters. The van der Waals surface area contributed by atoms with Crippen LogP contribution in [0.15, 0.2) is 0 Å². The van der Waals surface area contributed by atoms with E-state index in [1.165, 1.54) is 7.11 Å². The van der Waals surface area contributed by atoms with Crippen LogP contribution in [0.5, 0.6) is 0 Å². The van der Waals surface area contributed by atoms with Crippen molar-refractivity contribution in [3.05, 3.63) is 0 Å². The third-order valence-electron chi connectivity index (χ3n) is 2.32. The molecule has 16 heavy (non-hydrogen) atoms. The summed E-state index contributed by atoms with van der Waals surface area (Å²) in [6.45, 7) is 2.51. The Bertz CT molecular complexity index is 198. The van der Waals surface area contributed by atoms with Gasteiger partial charge in [0.2, 0.25) is 0 Å². The van der Waals surface area contributed by atoms with Gasteiger partial charge in [0.05, 0.1) is 13.7 Å². The van der Waals surface area contributed by atoms with Gasteiger partial charge in [-0.25, -0.2) is 0 Å². The topological polar surface area (TPSA) is 61.5 Å². The molecular formula is C11H23NO3S. The molecule has 0 radical (unpaired) electrons. The molecule has 0 saturated carbocycles. The van der Waals surface area contributed by atoms with Crippen molar-refractivity contribution in [3.8, 4) is 0 Å². The van der Waals surface area contributed by atoms with E-state index in [1.807, 2.05) is 11.8 Å². The molecule has 0 rings (SSSR count). The maximum absolute atomic E-state index is 11.3. The number of methoxy groups -OCH3 is 2. The van der Waals surface area contributed by atoms with Crippen molar-refractivity contribution in [2.45, 2.75) is 31.7 Å². The summed E-state index contributed by atoms with van der Waals surface area (Å²) in [6, 6.07) is 0. The summed E-state index contributed by atoms with van der Waals surface area (Å²) < 4.78 is 9.59. The standard InChI is InChI=1S/C11H23NO3S/c1-11(12,10(13)15-3)6-4-5-8-16-9-7-14-2/h4-9,12H2,1-3H3. The minimum Gasteiger partial charge on any atom is -0.468 e. The number of esters is 1. The van der Waals surface area contributed by atoms with Gasteiger partial charge in [-0.2, -0.15) is 11.8 Å². The molecule has 5 heteroatoms. The lowest BCUT2D eigenvalue weighted by molar-refractivity contribution is -0.146. The first kappa shape index (κ1) is 15.7. The lowest BCUT2D eigenvalue weighted by atomic mass is 9.97. The van der Waals surface area contributed by atoms with E-state index in [9.17, 15) is 4.79 Å². The Kier molecular flexibility index (Phi) is 8.70. The summed E-state index contributed by atoms with van der Waals surface area (Å²) in [5.74, 6) is 1.77. The van der Waals surface area contributed by atoms with Gasteiger partial charge in [-0.3, -0.25) is 4.79 Å². The zero-order valence-corrected chi connectivity index (χ0v) is 11.3. The average Bonchev–Trinajstić information content (AvgIpc) is 2.26. The van der Waals surface area contributed by atoms with Crippen molar-refractivity contribution in [2.24, 2.45) is 5.73 Å². The third-order valence-corrected chi connectivity index (χ3v) is 3.35. The molecule has 0 fully saturated rings. The van der Waals surface area contributed by atoms with E-state index in [4.69, 9.17) is 10.5 Å². The molecule has 4 nitrogen and oxygen atoms in total. The molecule has 0 aliphatic heterocycles. The van der Waals surface area contributed by atoms with Gasteiger partial charge < -0.3 is 15.2 Å². The minimum absolute atomic E-state index is 0.334. The molecule has 0 amide bonds. The number of hydrogen-bond donors (Lipinski definition) is 1. The van der Waals surface area contributed by atoms with E-state index in [2.05, 4.69) is 4.74 Å². The molecule has 0 heterocycles. The number of nitrogens with two attached hydrogens (primary N) is 1. The van der Waals surface area contributed by atoms with Gasteiger partial charge in [-0.15, -0.1) is 0 Å². The van der Waals surface area contributed by atoms with Crippen LogP contribution in [0.4, 0.5) is 0 Å². The molecular weight excluding hydrogens is 226 g/mol. The maximum Gasteiger partial charge on any atom is 0.325 e. The normalized spacial score (nSPS) is 14.5. The lowest BCUT2D eigenvalue weighted by Gasteiger charge is -2.20. The molecule has 0 aromatic rings. The molecule has 96 valence electrons. The second-order valence-corrected chi connectivity index (χ2v) is 5.20. The van der Waals surface area contributed by atoms with Gasteiger partial charge in [0.1, 0.15) is 5.54 Å². The highest BCUT2D eigenvalue weighted by Gasteiger charge is 2.28. The second kappa shape index (κ2) is 8.84. The highest BCUT2D eigenvalue weighted by molar-refractivity contribution is 7.99. The lowest BCUT2D eigenvalue weighted by Crippen LogP contribution is -2.45. The van der Waals surface area contributed by atoms with E-state index in [0.717, 1.165) is 31.0 Å². The first-order chi connectivity index (χ1) is 7.54. The van der Waals surface area contributed by atoms with Crippen LogP contribution in [0.25, 0.3) is 0 Å². The smallest absolute Gasteiger partial charge is 0.325 e. The van der Waals surface area contributed by atoms with E-state index in [0.29, 0.717) is 6.42 Å². The Morgan fingerprint density at radius 2 is 2.00 bits per heavy atom. The fourth-order valence-corrected chi connectivity index (χ4v) is 2.17. The van der Waals surface area contributed by atoms with Crippen LogP contribution in [-0.4, -0.2) is 43.8 Å². The number of unbranched alkanes of at least 4 members (excludes halogenated alkanes) is 1. The van der Waals surface area contributed by atoms with Gasteiger partial charge in [-0.1, -0.05) is 6.42 Å². The zero-order valence-electron chi connectivity index (χ0n) is 10.5. The van der Waals surface area contributed by atoms with Gasteiger partial charge in [-0.05, 0) is 25.5 Å². The summed E-state index contributed by atoms with van der Waals surface area (Å²) in [7, 11) is 3.07. The predicted octanol–water partition coefficient (Wildman–Crippen LogP) is 1.43. The SMILES string of the molecule is COCCSCCCCC(C)(N)C(=O)OC. The van der Waals surface area contributed by atoms with Crippen LogP contribution in [0.2, 0.25) is 0 Å². The van der Waals surface area contributed by atoms with E-state index in [1.54, 1.807) is 14.0 Å². The Morgan fingerprint density at radius 3 is 2.56 bits per heavy atom. The molecule has 0 aliphatic rings. The molecule has 1 unspecified atom stereocenters. The summed E-state index contributed by atoms with van der Waals surface area (Å²) in [6.07, 6.45) is 2.69.